The summed E-state index contributed by atoms with van der Waals surface area (Å²) >= 11 is 0. The molecule has 2 amide bonds. The fraction of sp³-hybridized carbons (Fsp3) is 0.600. The third-order valence-electron chi connectivity index (χ3n) is 3.61. The third kappa shape index (κ3) is 3.85. The number of carbonyl (C=O) groups is 1. The van der Waals surface area contributed by atoms with E-state index in [4.69, 9.17) is 0 Å². The van der Waals surface area contributed by atoms with Gasteiger partial charge in [-0.05, 0) is 18.9 Å². The van der Waals surface area contributed by atoms with Gasteiger partial charge < -0.3 is 15.1 Å². The van der Waals surface area contributed by atoms with Crippen LogP contribution < -0.4 is 10.2 Å². The maximum Gasteiger partial charge on any atom is 0.317 e. The van der Waals surface area contributed by atoms with E-state index in [0.717, 1.165) is 37.3 Å². The van der Waals surface area contributed by atoms with Crippen LogP contribution in [-0.4, -0.2) is 43.1 Å². The second-order valence-corrected chi connectivity index (χ2v) is 5.44. The molecule has 2 heterocycles. The summed E-state index contributed by atoms with van der Waals surface area (Å²) in [6, 6.07) is 3.95. The van der Waals surface area contributed by atoms with Crippen LogP contribution >= 0.6 is 0 Å². The molecule has 5 heteroatoms. The predicted octanol–water partition coefficient (Wildman–Crippen LogP) is 2.23. The van der Waals surface area contributed by atoms with Gasteiger partial charge in [0.15, 0.2) is 0 Å². The molecule has 5 nitrogen and oxygen atoms in total. The van der Waals surface area contributed by atoms with Crippen molar-refractivity contribution in [2.24, 2.45) is 0 Å². The van der Waals surface area contributed by atoms with Gasteiger partial charge in [-0.25, -0.2) is 9.78 Å². The van der Waals surface area contributed by atoms with Crippen LogP contribution in [0.2, 0.25) is 0 Å². The van der Waals surface area contributed by atoms with Crippen molar-refractivity contribution in [1.29, 1.82) is 0 Å². The highest BCUT2D eigenvalue weighted by Crippen LogP contribution is 2.14. The van der Waals surface area contributed by atoms with E-state index in [1.54, 1.807) is 6.20 Å². The molecule has 2 rings (SSSR count). The first-order valence-electron chi connectivity index (χ1n) is 7.32. The van der Waals surface area contributed by atoms with Gasteiger partial charge in [-0.1, -0.05) is 18.9 Å². The molecule has 1 aliphatic heterocycles. The van der Waals surface area contributed by atoms with Crippen LogP contribution in [0, 0.1) is 0 Å². The van der Waals surface area contributed by atoms with Crippen molar-refractivity contribution in [2.75, 3.05) is 32.1 Å². The summed E-state index contributed by atoms with van der Waals surface area (Å²) in [5.74, 6) is 0.906. The summed E-state index contributed by atoms with van der Waals surface area (Å²) in [6.45, 7) is 2.27. The van der Waals surface area contributed by atoms with Gasteiger partial charge in [0.1, 0.15) is 5.82 Å². The molecule has 1 N–H and O–H groups in total. The smallest absolute Gasteiger partial charge is 0.317 e. The lowest BCUT2D eigenvalue weighted by Gasteiger charge is -2.22. The standard InChI is InChI=1S/C15H24N4O/c1-18(2)14-13(8-7-9-16-14)12-17-15(20)19-10-5-3-4-6-11-19/h7-9H,3-6,10-12H2,1-2H3,(H,17,20). The zero-order valence-electron chi connectivity index (χ0n) is 12.4. The summed E-state index contributed by atoms with van der Waals surface area (Å²) in [4.78, 5) is 20.4. The maximum absolute atomic E-state index is 12.2. The molecule has 1 aromatic heterocycles. The molecule has 0 unspecified atom stereocenters. The van der Waals surface area contributed by atoms with E-state index in [1.807, 2.05) is 36.0 Å². The summed E-state index contributed by atoms with van der Waals surface area (Å²) < 4.78 is 0. The Balaban J connectivity index is 1.92. The monoisotopic (exact) mass is 276 g/mol. The summed E-state index contributed by atoms with van der Waals surface area (Å²) in [7, 11) is 3.92. The molecule has 1 aliphatic rings. The van der Waals surface area contributed by atoms with Gasteiger partial charge in [-0.3, -0.25) is 0 Å². The highest BCUT2D eigenvalue weighted by atomic mass is 16.2. The average molecular weight is 276 g/mol. The van der Waals surface area contributed by atoms with Gasteiger partial charge in [-0.2, -0.15) is 0 Å². The van der Waals surface area contributed by atoms with Crippen molar-refractivity contribution in [3.05, 3.63) is 23.9 Å². The van der Waals surface area contributed by atoms with Gasteiger partial charge in [0.25, 0.3) is 0 Å². The fourth-order valence-corrected chi connectivity index (χ4v) is 2.53. The Morgan fingerprint density at radius 2 is 2.00 bits per heavy atom. The van der Waals surface area contributed by atoms with Crippen molar-refractivity contribution in [3.63, 3.8) is 0 Å². The quantitative estimate of drug-likeness (QED) is 0.921. The number of pyridine rings is 1. The van der Waals surface area contributed by atoms with E-state index in [0.29, 0.717) is 6.54 Å². The number of aromatic nitrogens is 1. The molecule has 0 aromatic carbocycles. The first-order chi connectivity index (χ1) is 9.68. The average Bonchev–Trinajstić information content (AvgIpc) is 2.74. The highest BCUT2D eigenvalue weighted by molar-refractivity contribution is 5.74. The molecule has 0 radical (unpaired) electrons. The van der Waals surface area contributed by atoms with Gasteiger partial charge in [0.05, 0.1) is 0 Å². The van der Waals surface area contributed by atoms with Crippen LogP contribution in [0.25, 0.3) is 0 Å². The molecule has 0 saturated carbocycles. The Labute approximate surface area is 121 Å². The number of anilines is 1. The second-order valence-electron chi connectivity index (χ2n) is 5.44. The van der Waals surface area contributed by atoms with Gasteiger partial charge in [0.2, 0.25) is 0 Å². The number of hydrogen-bond donors (Lipinski definition) is 1. The lowest BCUT2D eigenvalue weighted by molar-refractivity contribution is 0.199. The highest BCUT2D eigenvalue weighted by Gasteiger charge is 2.15. The molecule has 110 valence electrons. The Kier molecular flexibility index (Phi) is 5.21. The Morgan fingerprint density at radius 3 is 2.65 bits per heavy atom. The van der Waals surface area contributed by atoms with E-state index in [9.17, 15) is 4.79 Å². The number of rotatable bonds is 3. The molecule has 1 fully saturated rings. The van der Waals surface area contributed by atoms with E-state index in [1.165, 1.54) is 12.8 Å². The van der Waals surface area contributed by atoms with E-state index in [-0.39, 0.29) is 6.03 Å². The van der Waals surface area contributed by atoms with Crippen LogP contribution in [0.15, 0.2) is 18.3 Å². The molecular weight excluding hydrogens is 252 g/mol. The normalized spacial score (nSPS) is 15.6. The Morgan fingerprint density at radius 1 is 1.30 bits per heavy atom. The van der Waals surface area contributed by atoms with Crippen molar-refractivity contribution in [2.45, 2.75) is 32.2 Å². The third-order valence-corrected chi connectivity index (χ3v) is 3.61. The van der Waals surface area contributed by atoms with Crippen molar-refractivity contribution in [3.8, 4) is 0 Å². The van der Waals surface area contributed by atoms with E-state index >= 15 is 0 Å². The first-order valence-corrected chi connectivity index (χ1v) is 7.32. The summed E-state index contributed by atoms with van der Waals surface area (Å²) in [5, 5.41) is 3.01. The van der Waals surface area contributed by atoms with Crippen molar-refractivity contribution < 1.29 is 4.79 Å². The predicted molar refractivity (Wildman–Crippen MR) is 80.8 cm³/mol. The molecule has 1 saturated heterocycles. The van der Waals surface area contributed by atoms with E-state index in [2.05, 4.69) is 10.3 Å². The SMILES string of the molecule is CN(C)c1ncccc1CNC(=O)N1CCCCCC1. The second kappa shape index (κ2) is 7.12. The molecule has 0 bridgehead atoms. The molecule has 1 aromatic rings. The number of hydrogen-bond acceptors (Lipinski definition) is 3. The lowest BCUT2D eigenvalue weighted by atomic mass is 10.2. The minimum Gasteiger partial charge on any atom is -0.362 e. The number of likely N-dealkylation sites (tertiary alicyclic amines) is 1. The van der Waals surface area contributed by atoms with Crippen molar-refractivity contribution >= 4 is 11.8 Å². The minimum atomic E-state index is 0.0421. The van der Waals surface area contributed by atoms with Crippen LogP contribution in [0.3, 0.4) is 0 Å². The summed E-state index contributed by atoms with van der Waals surface area (Å²) in [5.41, 5.74) is 1.04. The van der Waals surface area contributed by atoms with Gasteiger partial charge >= 0.3 is 6.03 Å². The number of carbonyl (C=O) groups excluding carboxylic acids is 1. The fourth-order valence-electron chi connectivity index (χ4n) is 2.53. The van der Waals surface area contributed by atoms with Crippen molar-refractivity contribution in [1.82, 2.24) is 15.2 Å². The Bertz CT molecular complexity index is 439. The lowest BCUT2D eigenvalue weighted by Crippen LogP contribution is -2.40. The number of nitrogens with zero attached hydrogens (tertiary/aromatic N) is 3. The minimum absolute atomic E-state index is 0.0421. The van der Waals surface area contributed by atoms with Crippen LogP contribution in [0.1, 0.15) is 31.2 Å². The van der Waals surface area contributed by atoms with Crippen LogP contribution in [0.5, 0.6) is 0 Å². The zero-order valence-corrected chi connectivity index (χ0v) is 12.4. The Hall–Kier alpha value is -1.78. The van der Waals surface area contributed by atoms with Crippen LogP contribution in [0.4, 0.5) is 10.6 Å². The molecule has 0 aliphatic carbocycles. The number of nitrogens with one attached hydrogen (secondary N) is 1. The topological polar surface area (TPSA) is 48.5 Å². The zero-order chi connectivity index (χ0) is 14.4. The van der Waals surface area contributed by atoms with E-state index < -0.39 is 0 Å². The molecule has 20 heavy (non-hydrogen) atoms. The van der Waals surface area contributed by atoms with Gasteiger partial charge in [-0.15, -0.1) is 0 Å². The maximum atomic E-state index is 12.2. The molecule has 0 spiro atoms. The molecular formula is C15H24N4O. The molecule has 0 atom stereocenters. The largest absolute Gasteiger partial charge is 0.362 e. The number of urea groups is 1. The first kappa shape index (κ1) is 14.6. The number of amides is 2. The summed E-state index contributed by atoms with van der Waals surface area (Å²) in [6.07, 6.45) is 6.47. The van der Waals surface area contributed by atoms with Crippen LogP contribution in [-0.2, 0) is 6.54 Å². The van der Waals surface area contributed by atoms with Gasteiger partial charge in [0, 0.05) is 45.5 Å².